The number of hydrogen-bond acceptors (Lipinski definition) is 2. The average Bonchev–Trinajstić information content (AvgIpc) is 2.17. The van der Waals surface area contributed by atoms with Gasteiger partial charge in [0, 0.05) is 5.56 Å². The lowest BCUT2D eigenvalue weighted by molar-refractivity contribution is 0.0953. The summed E-state index contributed by atoms with van der Waals surface area (Å²) in [5, 5.41) is -0.106. The van der Waals surface area contributed by atoms with Crippen LogP contribution in [0.4, 0.5) is 0 Å². The Morgan fingerprint density at radius 1 is 1.62 bits per heavy atom. The molecule has 0 saturated heterocycles. The van der Waals surface area contributed by atoms with Crippen LogP contribution < -0.4 is 11.3 Å². The number of nitrogens with one attached hydrogen (secondary N) is 1. The van der Waals surface area contributed by atoms with E-state index < -0.39 is 0 Å². The summed E-state index contributed by atoms with van der Waals surface area (Å²) in [5.41, 5.74) is 3.49. The Morgan fingerprint density at radius 3 is 2.85 bits per heavy atom. The molecule has 0 radical (unpaired) electrons. The van der Waals surface area contributed by atoms with Gasteiger partial charge in [-0.2, -0.15) is 0 Å². The number of amides is 1. The van der Waals surface area contributed by atoms with E-state index in [0.29, 0.717) is 5.56 Å². The van der Waals surface area contributed by atoms with Gasteiger partial charge in [0.15, 0.2) is 0 Å². The highest BCUT2D eigenvalue weighted by atomic mass is 35.5. The van der Waals surface area contributed by atoms with Gasteiger partial charge in [0.1, 0.15) is 0 Å². The highest BCUT2D eigenvalue weighted by Crippen LogP contribution is 2.19. The zero-order valence-electron chi connectivity index (χ0n) is 7.25. The van der Waals surface area contributed by atoms with Crippen LogP contribution in [0.2, 0.25) is 0 Å². The Labute approximate surface area is 81.9 Å². The molecule has 3 nitrogen and oxygen atoms in total. The second-order valence-corrected chi connectivity index (χ2v) is 3.37. The molecule has 3 N–H and O–H groups in total. The number of carbonyl (C=O) groups excluding carboxylic acids is 1. The van der Waals surface area contributed by atoms with E-state index >= 15 is 0 Å². The van der Waals surface area contributed by atoms with Crippen molar-refractivity contribution in [2.45, 2.75) is 12.3 Å². The fraction of sp³-hybridized carbons (Fsp3) is 0.222. The molecule has 4 heteroatoms. The van der Waals surface area contributed by atoms with Crippen LogP contribution in [0.15, 0.2) is 24.3 Å². The molecular formula is C9H11ClN2O. The molecular weight excluding hydrogens is 188 g/mol. The molecule has 1 amide bonds. The summed E-state index contributed by atoms with van der Waals surface area (Å²) in [5.74, 6) is 4.69. The smallest absolute Gasteiger partial charge is 0.265 e. The molecule has 1 unspecified atom stereocenters. The van der Waals surface area contributed by atoms with E-state index in [1.54, 1.807) is 18.2 Å². The highest BCUT2D eigenvalue weighted by molar-refractivity contribution is 6.20. The van der Waals surface area contributed by atoms with Gasteiger partial charge < -0.3 is 0 Å². The van der Waals surface area contributed by atoms with Gasteiger partial charge in [0.05, 0.1) is 5.38 Å². The molecule has 1 aromatic carbocycles. The largest absolute Gasteiger partial charge is 0.290 e. The van der Waals surface area contributed by atoms with E-state index in [2.05, 4.69) is 5.43 Å². The van der Waals surface area contributed by atoms with E-state index in [1.807, 2.05) is 13.0 Å². The van der Waals surface area contributed by atoms with Gasteiger partial charge in [-0.05, 0) is 24.6 Å². The van der Waals surface area contributed by atoms with Crippen LogP contribution in [0.25, 0.3) is 0 Å². The topological polar surface area (TPSA) is 55.1 Å². The highest BCUT2D eigenvalue weighted by Gasteiger charge is 2.06. The van der Waals surface area contributed by atoms with Crippen molar-refractivity contribution in [3.05, 3.63) is 35.4 Å². The van der Waals surface area contributed by atoms with Gasteiger partial charge in [-0.15, -0.1) is 11.6 Å². The molecule has 1 rings (SSSR count). The third-order valence-electron chi connectivity index (χ3n) is 1.74. The number of rotatable bonds is 2. The molecule has 1 atom stereocenters. The normalized spacial score (nSPS) is 12.2. The first-order chi connectivity index (χ1) is 6.15. The molecule has 0 heterocycles. The first kappa shape index (κ1) is 10.0. The molecule has 0 bridgehead atoms. The van der Waals surface area contributed by atoms with Crippen molar-refractivity contribution in [3.8, 4) is 0 Å². The summed E-state index contributed by atoms with van der Waals surface area (Å²) in [7, 11) is 0. The maximum atomic E-state index is 11.1. The van der Waals surface area contributed by atoms with Crippen LogP contribution >= 0.6 is 11.6 Å². The van der Waals surface area contributed by atoms with Crippen molar-refractivity contribution in [1.29, 1.82) is 0 Å². The van der Waals surface area contributed by atoms with Gasteiger partial charge in [-0.25, -0.2) is 5.84 Å². The Kier molecular flexibility index (Phi) is 3.28. The quantitative estimate of drug-likeness (QED) is 0.328. The molecule has 0 aliphatic rings. The summed E-state index contributed by atoms with van der Waals surface area (Å²) in [6, 6.07) is 7.05. The van der Waals surface area contributed by atoms with Gasteiger partial charge >= 0.3 is 0 Å². The van der Waals surface area contributed by atoms with Gasteiger partial charge in [0.25, 0.3) is 5.91 Å². The van der Waals surface area contributed by atoms with Crippen LogP contribution in [-0.4, -0.2) is 5.91 Å². The number of hydrazine groups is 1. The third kappa shape index (κ3) is 2.44. The second-order valence-electron chi connectivity index (χ2n) is 2.71. The molecule has 0 saturated carbocycles. The third-order valence-corrected chi connectivity index (χ3v) is 1.99. The van der Waals surface area contributed by atoms with Gasteiger partial charge in [-0.3, -0.25) is 10.2 Å². The molecule has 70 valence electrons. The minimum atomic E-state index is -0.306. The van der Waals surface area contributed by atoms with E-state index in [-0.39, 0.29) is 11.3 Å². The summed E-state index contributed by atoms with van der Waals surface area (Å²) in [6.45, 7) is 1.85. The fourth-order valence-corrected chi connectivity index (χ4v) is 1.15. The van der Waals surface area contributed by atoms with E-state index in [1.165, 1.54) is 0 Å². The second kappa shape index (κ2) is 4.25. The van der Waals surface area contributed by atoms with Crippen molar-refractivity contribution in [2.75, 3.05) is 0 Å². The molecule has 0 aromatic heterocycles. The average molecular weight is 199 g/mol. The van der Waals surface area contributed by atoms with Crippen LogP contribution in [0.5, 0.6) is 0 Å². The molecule has 1 aromatic rings. The first-order valence-corrected chi connectivity index (χ1v) is 4.33. The fourth-order valence-electron chi connectivity index (χ4n) is 1.01. The van der Waals surface area contributed by atoms with Crippen LogP contribution in [0.3, 0.4) is 0 Å². The number of alkyl halides is 1. The zero-order chi connectivity index (χ0) is 9.84. The maximum absolute atomic E-state index is 11.1. The summed E-state index contributed by atoms with van der Waals surface area (Å²) >= 11 is 5.86. The van der Waals surface area contributed by atoms with E-state index in [0.717, 1.165) is 5.56 Å². The number of nitrogen functional groups attached to an aromatic ring is 1. The molecule has 0 spiro atoms. The summed E-state index contributed by atoms with van der Waals surface area (Å²) in [4.78, 5) is 11.1. The number of nitrogens with two attached hydrogens (primary N) is 1. The number of benzene rings is 1. The molecule has 13 heavy (non-hydrogen) atoms. The van der Waals surface area contributed by atoms with E-state index in [4.69, 9.17) is 17.4 Å². The van der Waals surface area contributed by atoms with Crippen molar-refractivity contribution in [1.82, 2.24) is 5.43 Å². The maximum Gasteiger partial charge on any atom is 0.265 e. The first-order valence-electron chi connectivity index (χ1n) is 3.90. The van der Waals surface area contributed by atoms with Crippen molar-refractivity contribution in [2.24, 2.45) is 5.84 Å². The number of carbonyl (C=O) groups is 1. The lowest BCUT2D eigenvalue weighted by atomic mass is 10.1. The Hall–Kier alpha value is -1.06. The van der Waals surface area contributed by atoms with Crippen LogP contribution in [-0.2, 0) is 0 Å². The number of halogens is 1. The SMILES string of the molecule is CC(Cl)c1cccc(C(=O)NN)c1. The van der Waals surface area contributed by atoms with Crippen LogP contribution in [0.1, 0.15) is 28.2 Å². The van der Waals surface area contributed by atoms with Crippen molar-refractivity contribution < 1.29 is 4.79 Å². The van der Waals surface area contributed by atoms with Gasteiger partial charge in [0.2, 0.25) is 0 Å². The molecule has 0 aliphatic heterocycles. The minimum Gasteiger partial charge on any atom is -0.290 e. The predicted molar refractivity (Wildman–Crippen MR) is 52.4 cm³/mol. The standard InChI is InChI=1S/C9H11ClN2O/c1-6(10)7-3-2-4-8(5-7)9(13)12-11/h2-6H,11H2,1H3,(H,12,13). The lowest BCUT2D eigenvalue weighted by Gasteiger charge is -2.05. The van der Waals surface area contributed by atoms with Crippen molar-refractivity contribution in [3.63, 3.8) is 0 Å². The Morgan fingerprint density at radius 2 is 2.31 bits per heavy atom. The Bertz CT molecular complexity index is 312. The summed E-state index contributed by atoms with van der Waals surface area (Å²) in [6.07, 6.45) is 0. The summed E-state index contributed by atoms with van der Waals surface area (Å²) < 4.78 is 0. The monoisotopic (exact) mass is 198 g/mol. The molecule has 0 fully saturated rings. The van der Waals surface area contributed by atoms with E-state index in [9.17, 15) is 4.79 Å². The Balaban J connectivity index is 2.98. The minimum absolute atomic E-state index is 0.106. The van der Waals surface area contributed by atoms with Crippen molar-refractivity contribution >= 4 is 17.5 Å². The zero-order valence-corrected chi connectivity index (χ0v) is 8.01. The predicted octanol–water partition coefficient (Wildman–Crippen LogP) is 1.59. The lowest BCUT2D eigenvalue weighted by Crippen LogP contribution is -2.29. The van der Waals surface area contributed by atoms with Gasteiger partial charge in [-0.1, -0.05) is 12.1 Å². The number of hydrogen-bond donors (Lipinski definition) is 2. The molecule has 0 aliphatic carbocycles. The van der Waals surface area contributed by atoms with Crippen LogP contribution in [0, 0.1) is 0 Å².